The van der Waals surface area contributed by atoms with E-state index >= 15 is 0 Å². The van der Waals surface area contributed by atoms with E-state index in [0.29, 0.717) is 5.69 Å². The van der Waals surface area contributed by atoms with Gasteiger partial charge in [0.25, 0.3) is 5.91 Å². The Kier molecular flexibility index (Phi) is 6.11. The molecule has 2 rings (SSSR count). The summed E-state index contributed by atoms with van der Waals surface area (Å²) < 4.78 is 0. The number of nitrogens with one attached hydrogen (secondary N) is 2. The van der Waals surface area contributed by atoms with E-state index in [1.54, 1.807) is 18.2 Å². The van der Waals surface area contributed by atoms with Gasteiger partial charge in [-0.3, -0.25) is 9.59 Å². The van der Waals surface area contributed by atoms with Crippen LogP contribution in [0, 0.1) is 13.8 Å². The molecule has 136 valence electrons. The minimum atomic E-state index is -1.12. The van der Waals surface area contributed by atoms with Crippen molar-refractivity contribution >= 4 is 23.5 Å². The fourth-order valence-electron chi connectivity index (χ4n) is 2.58. The molecule has 26 heavy (non-hydrogen) atoms. The Labute approximate surface area is 152 Å². The fraction of sp³-hybridized carbons (Fsp3) is 0.250. The number of aryl methyl sites for hydroxylation is 2. The number of hydrogen-bond donors (Lipinski definition) is 3. The highest BCUT2D eigenvalue weighted by Crippen LogP contribution is 2.16. The quantitative estimate of drug-likeness (QED) is 0.743. The average molecular weight is 354 g/mol. The van der Waals surface area contributed by atoms with Gasteiger partial charge in [0.05, 0.1) is 11.3 Å². The van der Waals surface area contributed by atoms with Crippen molar-refractivity contribution in [2.24, 2.45) is 0 Å². The first kappa shape index (κ1) is 19.2. The summed E-state index contributed by atoms with van der Waals surface area (Å²) in [5.41, 5.74) is 3.57. The Morgan fingerprint density at radius 2 is 1.73 bits per heavy atom. The van der Waals surface area contributed by atoms with E-state index in [2.05, 4.69) is 10.6 Å². The van der Waals surface area contributed by atoms with E-state index in [1.807, 2.05) is 32.0 Å². The lowest BCUT2D eigenvalue weighted by Crippen LogP contribution is -2.42. The van der Waals surface area contributed by atoms with Crippen molar-refractivity contribution in [3.63, 3.8) is 0 Å². The summed E-state index contributed by atoms with van der Waals surface area (Å²) in [6.07, 6.45) is 0.171. The topological polar surface area (TPSA) is 95.5 Å². The Bertz CT molecular complexity index is 845. The van der Waals surface area contributed by atoms with Crippen LogP contribution in [0.3, 0.4) is 0 Å². The first-order valence-corrected chi connectivity index (χ1v) is 8.24. The van der Waals surface area contributed by atoms with Crippen molar-refractivity contribution in [2.45, 2.75) is 33.2 Å². The van der Waals surface area contributed by atoms with Crippen molar-refractivity contribution in [1.29, 1.82) is 0 Å². The van der Waals surface area contributed by atoms with Crippen molar-refractivity contribution < 1.29 is 19.5 Å². The minimum Gasteiger partial charge on any atom is -0.480 e. The summed E-state index contributed by atoms with van der Waals surface area (Å²) in [4.78, 5) is 35.4. The molecule has 1 atom stereocenters. The van der Waals surface area contributed by atoms with Gasteiger partial charge in [-0.1, -0.05) is 30.3 Å². The molecule has 2 aromatic carbocycles. The van der Waals surface area contributed by atoms with Gasteiger partial charge in [-0.15, -0.1) is 0 Å². The van der Waals surface area contributed by atoms with E-state index in [9.17, 15) is 19.5 Å². The molecular formula is C20H22N2O4. The monoisotopic (exact) mass is 354 g/mol. The molecule has 6 heteroatoms. The maximum atomic E-state index is 12.5. The second-order valence-electron chi connectivity index (χ2n) is 6.21. The number of carboxylic acids is 1. The molecule has 0 aliphatic rings. The molecule has 0 bridgehead atoms. The van der Waals surface area contributed by atoms with Gasteiger partial charge in [0, 0.05) is 13.3 Å². The minimum absolute atomic E-state index is 0.171. The van der Waals surface area contributed by atoms with Crippen molar-refractivity contribution in [3.05, 3.63) is 64.7 Å². The van der Waals surface area contributed by atoms with Gasteiger partial charge >= 0.3 is 5.97 Å². The molecule has 0 spiro atoms. The summed E-state index contributed by atoms with van der Waals surface area (Å²) in [7, 11) is 0. The average Bonchev–Trinajstić information content (AvgIpc) is 2.57. The van der Waals surface area contributed by atoms with Crippen LogP contribution >= 0.6 is 0 Å². The Morgan fingerprint density at radius 3 is 2.35 bits per heavy atom. The number of carbonyl (C=O) groups excluding carboxylic acids is 2. The van der Waals surface area contributed by atoms with Crippen LogP contribution < -0.4 is 10.6 Å². The van der Waals surface area contributed by atoms with Gasteiger partial charge in [-0.25, -0.2) is 4.79 Å². The van der Waals surface area contributed by atoms with Crippen LogP contribution in [0.1, 0.15) is 34.0 Å². The van der Waals surface area contributed by atoms with Crippen LogP contribution in [0.2, 0.25) is 0 Å². The number of benzene rings is 2. The predicted molar refractivity (Wildman–Crippen MR) is 99.3 cm³/mol. The van der Waals surface area contributed by atoms with Gasteiger partial charge in [-0.05, 0) is 42.7 Å². The smallest absolute Gasteiger partial charge is 0.326 e. The normalized spacial score (nSPS) is 11.5. The second kappa shape index (κ2) is 8.29. The fourth-order valence-corrected chi connectivity index (χ4v) is 2.58. The van der Waals surface area contributed by atoms with Crippen LogP contribution in [0.15, 0.2) is 42.5 Å². The number of para-hydroxylation sites is 1. The van der Waals surface area contributed by atoms with E-state index < -0.39 is 17.9 Å². The predicted octanol–water partition coefficient (Wildman–Crippen LogP) is 2.69. The van der Waals surface area contributed by atoms with Crippen LogP contribution in [-0.4, -0.2) is 28.9 Å². The highest BCUT2D eigenvalue weighted by molar-refractivity contribution is 6.04. The van der Waals surface area contributed by atoms with Crippen molar-refractivity contribution in [3.8, 4) is 0 Å². The van der Waals surface area contributed by atoms with Gasteiger partial charge in [-0.2, -0.15) is 0 Å². The van der Waals surface area contributed by atoms with Crippen LogP contribution in [0.25, 0.3) is 0 Å². The summed E-state index contributed by atoms with van der Waals surface area (Å²) in [6.45, 7) is 5.28. The molecule has 0 saturated heterocycles. The SMILES string of the molecule is CC(=O)Nc1ccccc1C(=O)N[C@@H](Cc1ccc(C)c(C)c1)C(=O)O. The number of rotatable bonds is 6. The molecule has 0 radical (unpaired) electrons. The molecule has 2 amide bonds. The summed E-state index contributed by atoms with van der Waals surface area (Å²) >= 11 is 0. The first-order valence-electron chi connectivity index (χ1n) is 8.24. The van der Waals surface area contributed by atoms with Gasteiger partial charge in [0.15, 0.2) is 0 Å². The molecule has 0 aliphatic carbocycles. The van der Waals surface area contributed by atoms with Gasteiger partial charge in [0.2, 0.25) is 5.91 Å². The van der Waals surface area contributed by atoms with Crippen LogP contribution in [0.5, 0.6) is 0 Å². The first-order chi connectivity index (χ1) is 12.3. The Balaban J connectivity index is 2.19. The molecule has 0 heterocycles. The molecule has 0 fully saturated rings. The molecule has 6 nitrogen and oxygen atoms in total. The zero-order chi connectivity index (χ0) is 19.3. The summed E-state index contributed by atoms with van der Waals surface area (Å²) in [5.74, 6) is -1.98. The molecule has 0 aliphatic heterocycles. The third-order valence-corrected chi connectivity index (χ3v) is 4.10. The molecule has 0 saturated carbocycles. The number of anilines is 1. The molecule has 0 aromatic heterocycles. The standard InChI is InChI=1S/C20H22N2O4/c1-12-8-9-15(10-13(12)2)11-18(20(25)26)22-19(24)16-6-4-5-7-17(16)21-14(3)23/h4-10,18H,11H2,1-3H3,(H,21,23)(H,22,24)(H,25,26)/t18-/m0/s1. The lowest BCUT2D eigenvalue weighted by atomic mass is 10.0. The molecule has 3 N–H and O–H groups in total. The maximum absolute atomic E-state index is 12.5. The third kappa shape index (κ3) is 4.92. The second-order valence-corrected chi connectivity index (χ2v) is 6.21. The van der Waals surface area contributed by atoms with E-state index in [1.165, 1.54) is 13.0 Å². The molecule has 2 aromatic rings. The number of amides is 2. The summed E-state index contributed by atoms with van der Waals surface area (Å²) in [5, 5.41) is 14.6. The Hall–Kier alpha value is -3.15. The van der Waals surface area contributed by atoms with Crippen LogP contribution in [-0.2, 0) is 16.0 Å². The summed E-state index contributed by atoms with van der Waals surface area (Å²) in [6, 6.07) is 11.1. The van der Waals surface area contributed by atoms with Gasteiger partial charge in [0.1, 0.15) is 6.04 Å². The lowest BCUT2D eigenvalue weighted by Gasteiger charge is -2.17. The zero-order valence-electron chi connectivity index (χ0n) is 15.0. The Morgan fingerprint density at radius 1 is 1.04 bits per heavy atom. The number of aliphatic carboxylic acids is 1. The number of carbonyl (C=O) groups is 3. The van der Waals surface area contributed by atoms with Gasteiger partial charge < -0.3 is 15.7 Å². The van der Waals surface area contributed by atoms with Crippen molar-refractivity contribution in [2.75, 3.05) is 5.32 Å². The highest BCUT2D eigenvalue weighted by Gasteiger charge is 2.22. The lowest BCUT2D eigenvalue weighted by molar-refractivity contribution is -0.139. The maximum Gasteiger partial charge on any atom is 0.326 e. The largest absolute Gasteiger partial charge is 0.480 e. The van der Waals surface area contributed by atoms with E-state index in [4.69, 9.17) is 0 Å². The molecule has 0 unspecified atom stereocenters. The van der Waals surface area contributed by atoms with Crippen LogP contribution in [0.4, 0.5) is 5.69 Å². The number of carboxylic acid groups (broad SMARTS) is 1. The number of hydrogen-bond acceptors (Lipinski definition) is 3. The van der Waals surface area contributed by atoms with E-state index in [-0.39, 0.29) is 17.9 Å². The van der Waals surface area contributed by atoms with E-state index in [0.717, 1.165) is 16.7 Å². The third-order valence-electron chi connectivity index (χ3n) is 4.10. The highest BCUT2D eigenvalue weighted by atomic mass is 16.4. The van der Waals surface area contributed by atoms with Crippen molar-refractivity contribution in [1.82, 2.24) is 5.32 Å². The molecular weight excluding hydrogens is 332 g/mol. The zero-order valence-corrected chi connectivity index (χ0v) is 15.0.